The summed E-state index contributed by atoms with van der Waals surface area (Å²) in [5.74, 6) is -0.699. The summed E-state index contributed by atoms with van der Waals surface area (Å²) in [7, 11) is 0. The number of hydrogen-bond acceptors (Lipinski definition) is 3. The first-order valence-electron chi connectivity index (χ1n) is 7.94. The molecular weight excluding hydrogens is 284 g/mol. The zero-order chi connectivity index (χ0) is 16.9. The van der Waals surface area contributed by atoms with Crippen LogP contribution in [-0.4, -0.2) is 46.9 Å². The van der Waals surface area contributed by atoms with Crippen molar-refractivity contribution in [3.05, 3.63) is 0 Å². The van der Waals surface area contributed by atoms with Gasteiger partial charge in [0.2, 0.25) is 11.8 Å². The third-order valence-electron chi connectivity index (χ3n) is 3.98. The van der Waals surface area contributed by atoms with Crippen molar-refractivity contribution in [3.63, 3.8) is 0 Å². The van der Waals surface area contributed by atoms with Gasteiger partial charge < -0.3 is 15.3 Å². The summed E-state index contributed by atoms with van der Waals surface area (Å²) in [6.07, 6.45) is 1.78. The number of hydrogen-bond donors (Lipinski definition) is 2. The molecule has 1 saturated heterocycles. The lowest BCUT2D eigenvalue weighted by molar-refractivity contribution is -0.138. The molecule has 0 spiro atoms. The van der Waals surface area contributed by atoms with Crippen LogP contribution in [0.4, 0.5) is 0 Å². The quantitative estimate of drug-likeness (QED) is 0.808. The molecule has 1 aliphatic heterocycles. The molecule has 0 aromatic rings. The molecule has 2 N–H and O–H groups in total. The molecule has 2 atom stereocenters. The molecule has 126 valence electrons. The summed E-state index contributed by atoms with van der Waals surface area (Å²) in [5.41, 5.74) is -0.479. The predicted molar refractivity (Wildman–Crippen MR) is 83.2 cm³/mol. The van der Waals surface area contributed by atoms with Gasteiger partial charge in [0.25, 0.3) is 0 Å². The fourth-order valence-corrected chi connectivity index (χ4v) is 2.67. The van der Waals surface area contributed by atoms with Gasteiger partial charge >= 0.3 is 5.97 Å². The monoisotopic (exact) mass is 312 g/mol. The molecular formula is C16H28N2O4. The lowest BCUT2D eigenvalue weighted by Gasteiger charge is -2.39. The largest absolute Gasteiger partial charge is 0.481 e. The molecule has 6 heteroatoms. The normalized spacial score (nSPS) is 22.3. The SMILES string of the molecule is CCC(=O)N1CC(CCC(=O)O)CC(NC(=O)C(C)(C)C)C1. The van der Waals surface area contributed by atoms with Crippen LogP contribution in [0, 0.1) is 11.3 Å². The van der Waals surface area contributed by atoms with Gasteiger partial charge in [-0.3, -0.25) is 14.4 Å². The summed E-state index contributed by atoms with van der Waals surface area (Å²) in [6.45, 7) is 8.46. The Morgan fingerprint density at radius 2 is 1.86 bits per heavy atom. The number of carboxylic acid groups (broad SMARTS) is 1. The molecule has 0 aromatic heterocycles. The number of carboxylic acids is 1. The third kappa shape index (κ3) is 5.66. The highest BCUT2D eigenvalue weighted by molar-refractivity contribution is 5.82. The highest BCUT2D eigenvalue weighted by atomic mass is 16.4. The maximum Gasteiger partial charge on any atom is 0.303 e. The molecule has 2 amide bonds. The molecule has 1 heterocycles. The van der Waals surface area contributed by atoms with Crippen molar-refractivity contribution < 1.29 is 19.5 Å². The molecule has 0 aromatic carbocycles. The van der Waals surface area contributed by atoms with Crippen LogP contribution in [0.25, 0.3) is 0 Å². The van der Waals surface area contributed by atoms with Crippen molar-refractivity contribution in [3.8, 4) is 0 Å². The standard InChI is InChI=1S/C16H28N2O4/c1-5-13(19)18-9-11(6-7-14(20)21)8-12(10-18)17-15(22)16(2,3)4/h11-12H,5-10H2,1-4H3,(H,17,22)(H,20,21). The van der Waals surface area contributed by atoms with Crippen molar-refractivity contribution in [2.75, 3.05) is 13.1 Å². The Hall–Kier alpha value is -1.59. The molecule has 2 unspecified atom stereocenters. The van der Waals surface area contributed by atoms with Gasteiger partial charge in [-0.25, -0.2) is 0 Å². The second-order valence-electron chi connectivity index (χ2n) is 7.11. The van der Waals surface area contributed by atoms with Gasteiger partial charge in [-0.2, -0.15) is 0 Å². The number of nitrogens with one attached hydrogen (secondary N) is 1. The molecule has 0 saturated carbocycles. The van der Waals surface area contributed by atoms with Crippen molar-refractivity contribution >= 4 is 17.8 Å². The maximum atomic E-state index is 12.1. The Bertz CT molecular complexity index is 428. The molecule has 0 aliphatic carbocycles. The van der Waals surface area contributed by atoms with E-state index in [9.17, 15) is 14.4 Å². The summed E-state index contributed by atoms with van der Waals surface area (Å²) in [4.78, 5) is 36.6. The minimum atomic E-state index is -0.825. The number of aliphatic carboxylic acids is 1. The molecule has 22 heavy (non-hydrogen) atoms. The number of rotatable bonds is 5. The van der Waals surface area contributed by atoms with E-state index in [1.54, 1.807) is 4.90 Å². The van der Waals surface area contributed by atoms with Crippen LogP contribution in [0.5, 0.6) is 0 Å². The summed E-state index contributed by atoms with van der Waals surface area (Å²) in [6, 6.07) is -0.102. The zero-order valence-corrected chi connectivity index (χ0v) is 14.0. The van der Waals surface area contributed by atoms with E-state index in [1.165, 1.54) is 0 Å². The number of piperidine rings is 1. The Morgan fingerprint density at radius 1 is 1.23 bits per heavy atom. The first-order chi connectivity index (χ1) is 10.1. The smallest absolute Gasteiger partial charge is 0.303 e. The minimum Gasteiger partial charge on any atom is -0.481 e. The Kier molecular flexibility index (Phi) is 6.38. The summed E-state index contributed by atoms with van der Waals surface area (Å²) >= 11 is 0. The highest BCUT2D eigenvalue weighted by Gasteiger charge is 2.32. The molecule has 6 nitrogen and oxygen atoms in total. The van der Waals surface area contributed by atoms with Gasteiger partial charge in [0, 0.05) is 37.4 Å². The number of likely N-dealkylation sites (tertiary alicyclic amines) is 1. The fraction of sp³-hybridized carbons (Fsp3) is 0.812. The topological polar surface area (TPSA) is 86.7 Å². The van der Waals surface area contributed by atoms with Crippen LogP contribution in [0.3, 0.4) is 0 Å². The molecule has 1 fully saturated rings. The van der Waals surface area contributed by atoms with E-state index in [4.69, 9.17) is 5.11 Å². The van der Waals surface area contributed by atoms with Gasteiger partial charge in [-0.1, -0.05) is 27.7 Å². The van der Waals surface area contributed by atoms with Gasteiger partial charge in [0.15, 0.2) is 0 Å². The van der Waals surface area contributed by atoms with E-state index in [-0.39, 0.29) is 30.2 Å². The van der Waals surface area contributed by atoms with E-state index >= 15 is 0 Å². The van der Waals surface area contributed by atoms with Crippen LogP contribution in [0.1, 0.15) is 53.4 Å². The van der Waals surface area contributed by atoms with Crippen LogP contribution < -0.4 is 5.32 Å². The van der Waals surface area contributed by atoms with Crippen LogP contribution in [0.15, 0.2) is 0 Å². The second-order valence-corrected chi connectivity index (χ2v) is 7.11. The van der Waals surface area contributed by atoms with Crippen molar-refractivity contribution in [2.24, 2.45) is 11.3 Å². The number of carbonyl (C=O) groups is 3. The lowest BCUT2D eigenvalue weighted by atomic mass is 9.88. The molecule has 0 bridgehead atoms. The first kappa shape index (κ1) is 18.5. The van der Waals surface area contributed by atoms with Crippen molar-refractivity contribution in [1.29, 1.82) is 0 Å². The summed E-state index contributed by atoms with van der Waals surface area (Å²) < 4.78 is 0. The average molecular weight is 312 g/mol. The Morgan fingerprint density at radius 3 is 2.36 bits per heavy atom. The lowest BCUT2D eigenvalue weighted by Crippen LogP contribution is -2.54. The fourth-order valence-electron chi connectivity index (χ4n) is 2.67. The van der Waals surface area contributed by atoms with E-state index in [1.807, 2.05) is 27.7 Å². The molecule has 0 radical (unpaired) electrons. The summed E-state index contributed by atoms with van der Waals surface area (Å²) in [5, 5.41) is 11.8. The number of carbonyl (C=O) groups excluding carboxylic acids is 2. The second kappa shape index (κ2) is 7.61. The van der Waals surface area contributed by atoms with Crippen molar-refractivity contribution in [1.82, 2.24) is 10.2 Å². The Labute approximate surface area is 132 Å². The van der Waals surface area contributed by atoms with Gasteiger partial charge in [0.05, 0.1) is 0 Å². The van der Waals surface area contributed by atoms with Gasteiger partial charge in [0.1, 0.15) is 0 Å². The third-order valence-corrected chi connectivity index (χ3v) is 3.98. The average Bonchev–Trinajstić information content (AvgIpc) is 2.43. The van der Waals surface area contributed by atoms with Crippen LogP contribution in [0.2, 0.25) is 0 Å². The van der Waals surface area contributed by atoms with Gasteiger partial charge in [-0.05, 0) is 18.8 Å². The van der Waals surface area contributed by atoms with E-state index in [0.29, 0.717) is 25.9 Å². The minimum absolute atomic E-state index is 0.0414. The van der Waals surface area contributed by atoms with Crippen LogP contribution in [-0.2, 0) is 14.4 Å². The van der Waals surface area contributed by atoms with Gasteiger partial charge in [-0.15, -0.1) is 0 Å². The number of nitrogens with zero attached hydrogens (tertiary/aromatic N) is 1. The maximum absolute atomic E-state index is 12.1. The zero-order valence-electron chi connectivity index (χ0n) is 14.0. The predicted octanol–water partition coefficient (Wildman–Crippen LogP) is 1.64. The Balaban J connectivity index is 2.72. The molecule has 1 rings (SSSR count). The van der Waals surface area contributed by atoms with E-state index in [2.05, 4.69) is 5.32 Å². The van der Waals surface area contributed by atoms with E-state index in [0.717, 1.165) is 6.42 Å². The highest BCUT2D eigenvalue weighted by Crippen LogP contribution is 2.23. The number of amides is 2. The molecule has 1 aliphatic rings. The van der Waals surface area contributed by atoms with Crippen LogP contribution >= 0.6 is 0 Å². The first-order valence-corrected chi connectivity index (χ1v) is 7.94. The van der Waals surface area contributed by atoms with E-state index < -0.39 is 11.4 Å². The van der Waals surface area contributed by atoms with Crippen molar-refractivity contribution in [2.45, 2.75) is 59.4 Å².